The Balaban J connectivity index is 1.55. The van der Waals surface area contributed by atoms with Gasteiger partial charge in [0.25, 0.3) is 5.91 Å². The molecule has 0 aliphatic carbocycles. The largest absolute Gasteiger partial charge is 0.416 e. The molecule has 38 heavy (non-hydrogen) atoms. The van der Waals surface area contributed by atoms with E-state index in [0.29, 0.717) is 23.4 Å². The van der Waals surface area contributed by atoms with Gasteiger partial charge in [-0.3, -0.25) is 14.4 Å². The molecule has 3 rings (SSSR count). The van der Waals surface area contributed by atoms with Crippen LogP contribution in [0.3, 0.4) is 0 Å². The van der Waals surface area contributed by atoms with E-state index < -0.39 is 23.6 Å². The van der Waals surface area contributed by atoms with E-state index in [1.165, 1.54) is 17.0 Å². The lowest BCUT2D eigenvalue weighted by atomic mass is 10.1. The molecule has 2 N–H and O–H groups in total. The Hall–Kier alpha value is -3.73. The number of halogens is 3. The number of hydrogen-bond acceptors (Lipinski definition) is 5. The molecule has 1 heterocycles. The molecule has 3 amide bonds. The maximum atomic E-state index is 13.1. The van der Waals surface area contributed by atoms with E-state index in [1.807, 2.05) is 32.9 Å². The molecular weight excluding hydrogens is 517 g/mol. The quantitative estimate of drug-likeness (QED) is 0.372. The van der Waals surface area contributed by atoms with E-state index in [-0.39, 0.29) is 36.5 Å². The van der Waals surface area contributed by atoms with Crippen LogP contribution in [-0.2, 0) is 28.7 Å². The van der Waals surface area contributed by atoms with E-state index in [2.05, 4.69) is 15.6 Å². The van der Waals surface area contributed by atoms with Gasteiger partial charge in [0.15, 0.2) is 5.13 Å². The smallest absolute Gasteiger partial charge is 0.352 e. The molecule has 0 saturated carbocycles. The summed E-state index contributed by atoms with van der Waals surface area (Å²) in [7, 11) is 0. The topological polar surface area (TPSA) is 91.4 Å². The van der Waals surface area contributed by atoms with Gasteiger partial charge in [-0.1, -0.05) is 44.2 Å². The van der Waals surface area contributed by atoms with Crippen LogP contribution in [0.4, 0.5) is 18.3 Å². The summed E-state index contributed by atoms with van der Waals surface area (Å²) < 4.78 is 38.6. The second kappa shape index (κ2) is 12.7. The van der Waals surface area contributed by atoms with E-state index in [9.17, 15) is 27.6 Å². The Labute approximate surface area is 223 Å². The van der Waals surface area contributed by atoms with Gasteiger partial charge in [0.2, 0.25) is 11.8 Å². The number of anilines is 1. The van der Waals surface area contributed by atoms with Gasteiger partial charge in [0.05, 0.1) is 17.7 Å². The second-order valence-corrected chi connectivity index (χ2v) is 10.1. The lowest BCUT2D eigenvalue weighted by Gasteiger charge is -2.24. The number of carbonyl (C=O) groups excluding carboxylic acids is 3. The molecule has 0 fully saturated rings. The third-order valence-corrected chi connectivity index (χ3v) is 6.27. The Kier molecular flexibility index (Phi) is 9.62. The highest BCUT2D eigenvalue weighted by Gasteiger charge is 2.30. The zero-order valence-electron chi connectivity index (χ0n) is 21.3. The number of amides is 3. The first-order valence-corrected chi connectivity index (χ1v) is 12.8. The van der Waals surface area contributed by atoms with Gasteiger partial charge in [-0.25, -0.2) is 4.98 Å². The second-order valence-electron chi connectivity index (χ2n) is 9.24. The molecule has 0 aliphatic heterocycles. The van der Waals surface area contributed by atoms with Gasteiger partial charge < -0.3 is 15.5 Å². The minimum atomic E-state index is -4.46. The Bertz CT molecular complexity index is 1290. The molecule has 0 bridgehead atoms. The van der Waals surface area contributed by atoms with Crippen LogP contribution in [0, 0.1) is 12.8 Å². The zero-order valence-corrected chi connectivity index (χ0v) is 22.1. The summed E-state index contributed by atoms with van der Waals surface area (Å²) in [6.45, 7) is 5.95. The molecule has 0 unspecified atom stereocenters. The number of carbonyl (C=O) groups is 3. The van der Waals surface area contributed by atoms with Crippen molar-refractivity contribution in [3.05, 3.63) is 81.9 Å². The van der Waals surface area contributed by atoms with E-state index in [0.717, 1.165) is 29.0 Å². The maximum Gasteiger partial charge on any atom is 0.416 e. The lowest BCUT2D eigenvalue weighted by Crippen LogP contribution is -2.40. The molecule has 0 spiro atoms. The van der Waals surface area contributed by atoms with Gasteiger partial charge >= 0.3 is 6.18 Å². The number of hydrogen-bond donors (Lipinski definition) is 2. The molecule has 0 aliphatic rings. The normalized spacial score (nSPS) is 11.3. The Morgan fingerprint density at radius 1 is 1.05 bits per heavy atom. The first kappa shape index (κ1) is 28.8. The van der Waals surface area contributed by atoms with Crippen LogP contribution in [0.15, 0.2) is 53.9 Å². The lowest BCUT2D eigenvalue weighted by molar-refractivity contribution is -0.137. The number of rotatable bonds is 10. The van der Waals surface area contributed by atoms with Crippen molar-refractivity contribution in [1.29, 1.82) is 0 Å². The van der Waals surface area contributed by atoms with Crippen LogP contribution in [0.1, 0.15) is 46.6 Å². The van der Waals surface area contributed by atoms with Crippen molar-refractivity contribution in [2.24, 2.45) is 5.92 Å². The molecule has 3 aromatic rings. The summed E-state index contributed by atoms with van der Waals surface area (Å²) in [6, 6.07) is 11.9. The number of aromatic nitrogens is 1. The molecule has 202 valence electrons. The first-order valence-electron chi connectivity index (χ1n) is 11.9. The van der Waals surface area contributed by atoms with Crippen LogP contribution in [-0.4, -0.2) is 40.7 Å². The standard InChI is InChI=1S/C27H29F3N4O3S/c1-17(2)14-34(25(37)22-10-5-4-7-18(22)3)15-24(36)33-26-32-21(16-38-26)12-23(35)31-13-19-8-6-9-20(11-19)27(28,29)30/h4-11,16-17H,12-15H2,1-3H3,(H,31,35)(H,32,33,36). The molecule has 0 atom stereocenters. The van der Waals surface area contributed by atoms with Crippen molar-refractivity contribution in [2.75, 3.05) is 18.4 Å². The highest BCUT2D eigenvalue weighted by Crippen LogP contribution is 2.29. The summed E-state index contributed by atoms with van der Waals surface area (Å²) in [5.41, 5.74) is 1.31. The van der Waals surface area contributed by atoms with Crippen LogP contribution in [0.25, 0.3) is 0 Å². The van der Waals surface area contributed by atoms with Gasteiger partial charge in [-0.2, -0.15) is 13.2 Å². The fourth-order valence-corrected chi connectivity index (χ4v) is 4.43. The fourth-order valence-electron chi connectivity index (χ4n) is 3.71. The van der Waals surface area contributed by atoms with Gasteiger partial charge in [0.1, 0.15) is 6.54 Å². The number of aryl methyl sites for hydroxylation is 1. The minimum absolute atomic E-state index is 0.0584. The van der Waals surface area contributed by atoms with Gasteiger partial charge in [0, 0.05) is 24.0 Å². The van der Waals surface area contributed by atoms with E-state index >= 15 is 0 Å². The van der Waals surface area contributed by atoms with Crippen LogP contribution in [0.2, 0.25) is 0 Å². The van der Waals surface area contributed by atoms with E-state index in [4.69, 9.17) is 0 Å². The van der Waals surface area contributed by atoms with Crippen molar-refractivity contribution in [1.82, 2.24) is 15.2 Å². The molecular formula is C27H29F3N4O3S. The first-order chi connectivity index (χ1) is 17.9. The fraction of sp³-hybridized carbons (Fsp3) is 0.333. The summed E-state index contributed by atoms with van der Waals surface area (Å²) in [6.07, 6.45) is -4.56. The predicted molar refractivity (Wildman–Crippen MR) is 140 cm³/mol. The zero-order chi connectivity index (χ0) is 27.9. The third-order valence-electron chi connectivity index (χ3n) is 5.47. The van der Waals surface area contributed by atoms with Gasteiger partial charge in [-0.05, 0) is 42.2 Å². The van der Waals surface area contributed by atoms with Crippen molar-refractivity contribution in [3.63, 3.8) is 0 Å². The minimum Gasteiger partial charge on any atom is -0.352 e. The van der Waals surface area contributed by atoms with Crippen LogP contribution < -0.4 is 10.6 Å². The molecule has 7 nitrogen and oxygen atoms in total. The summed E-state index contributed by atoms with van der Waals surface area (Å²) in [5.74, 6) is -0.916. The van der Waals surface area contributed by atoms with Crippen molar-refractivity contribution in [2.45, 2.75) is 39.9 Å². The number of alkyl halides is 3. The molecule has 1 aromatic heterocycles. The summed E-state index contributed by atoms with van der Waals surface area (Å²) >= 11 is 1.14. The monoisotopic (exact) mass is 546 g/mol. The molecule has 11 heteroatoms. The Morgan fingerprint density at radius 2 is 1.79 bits per heavy atom. The average molecular weight is 547 g/mol. The number of nitrogens with zero attached hydrogens (tertiary/aromatic N) is 2. The average Bonchev–Trinajstić information content (AvgIpc) is 3.27. The number of nitrogens with one attached hydrogen (secondary N) is 2. The van der Waals surface area contributed by atoms with Gasteiger partial charge in [-0.15, -0.1) is 11.3 Å². The Morgan fingerprint density at radius 3 is 2.47 bits per heavy atom. The maximum absolute atomic E-state index is 13.1. The molecule has 0 saturated heterocycles. The molecule has 0 radical (unpaired) electrons. The third kappa shape index (κ3) is 8.41. The van der Waals surface area contributed by atoms with Crippen molar-refractivity contribution < 1.29 is 27.6 Å². The SMILES string of the molecule is Cc1ccccc1C(=O)N(CC(=O)Nc1nc(CC(=O)NCc2cccc(C(F)(F)F)c2)cs1)CC(C)C. The summed E-state index contributed by atoms with van der Waals surface area (Å²) in [5, 5.41) is 7.15. The van der Waals surface area contributed by atoms with E-state index in [1.54, 1.807) is 17.5 Å². The van der Waals surface area contributed by atoms with Crippen LogP contribution in [0.5, 0.6) is 0 Å². The highest BCUT2D eigenvalue weighted by molar-refractivity contribution is 7.13. The number of benzene rings is 2. The van der Waals surface area contributed by atoms with Crippen molar-refractivity contribution >= 4 is 34.2 Å². The molecule has 2 aromatic carbocycles. The van der Waals surface area contributed by atoms with Crippen molar-refractivity contribution in [3.8, 4) is 0 Å². The van der Waals surface area contributed by atoms with Crippen LogP contribution >= 0.6 is 11.3 Å². The predicted octanol–water partition coefficient (Wildman–Crippen LogP) is 5.07. The number of thiazole rings is 1. The highest BCUT2D eigenvalue weighted by atomic mass is 32.1. The summed E-state index contributed by atoms with van der Waals surface area (Å²) in [4.78, 5) is 43.8.